The molecule has 0 aliphatic carbocycles. The van der Waals surface area contributed by atoms with E-state index in [1.807, 2.05) is 17.0 Å². The molecule has 26 heavy (non-hydrogen) atoms. The van der Waals surface area contributed by atoms with Crippen LogP contribution >= 0.6 is 0 Å². The first-order chi connectivity index (χ1) is 12.7. The van der Waals surface area contributed by atoms with Crippen molar-refractivity contribution in [1.29, 1.82) is 0 Å². The van der Waals surface area contributed by atoms with Gasteiger partial charge in [-0.1, -0.05) is 37.3 Å². The molecule has 4 rings (SSSR count). The van der Waals surface area contributed by atoms with Crippen molar-refractivity contribution < 1.29 is 4.79 Å². The highest BCUT2D eigenvalue weighted by molar-refractivity contribution is 5.94. The molecule has 2 aromatic carbocycles. The first kappa shape index (κ1) is 17.1. The summed E-state index contributed by atoms with van der Waals surface area (Å²) in [6, 6.07) is 17.0. The maximum atomic E-state index is 12.7. The fraction of sp³-hybridized carbons (Fsp3) is 0.435. The number of amides is 1. The summed E-state index contributed by atoms with van der Waals surface area (Å²) < 4.78 is 0. The van der Waals surface area contributed by atoms with Gasteiger partial charge >= 0.3 is 0 Å². The summed E-state index contributed by atoms with van der Waals surface area (Å²) in [7, 11) is 0. The van der Waals surface area contributed by atoms with Crippen LogP contribution in [-0.4, -0.2) is 30.4 Å². The molecule has 2 aliphatic heterocycles. The second kappa shape index (κ2) is 7.53. The number of benzene rings is 2. The van der Waals surface area contributed by atoms with Crippen molar-refractivity contribution in [3.8, 4) is 0 Å². The van der Waals surface area contributed by atoms with E-state index in [4.69, 9.17) is 0 Å². The lowest BCUT2D eigenvalue weighted by molar-refractivity contribution is 0.0697. The first-order valence-electron chi connectivity index (χ1n) is 9.92. The number of piperidine rings is 1. The van der Waals surface area contributed by atoms with Gasteiger partial charge in [0.15, 0.2) is 0 Å². The lowest BCUT2D eigenvalue weighted by atomic mass is 9.98. The summed E-state index contributed by atoms with van der Waals surface area (Å²) in [6.07, 6.45) is 4.63. The summed E-state index contributed by atoms with van der Waals surface area (Å²) in [5.74, 6) is 0.931. The Kier molecular flexibility index (Phi) is 4.96. The molecule has 0 radical (unpaired) electrons. The van der Waals surface area contributed by atoms with Gasteiger partial charge in [0.25, 0.3) is 5.91 Å². The van der Waals surface area contributed by atoms with Crippen molar-refractivity contribution in [2.24, 2.45) is 5.92 Å². The van der Waals surface area contributed by atoms with E-state index < -0.39 is 0 Å². The van der Waals surface area contributed by atoms with Gasteiger partial charge in [0, 0.05) is 37.4 Å². The van der Waals surface area contributed by atoms with E-state index in [2.05, 4.69) is 48.2 Å². The number of likely N-dealkylation sites (tertiary alicyclic amines) is 1. The fourth-order valence-corrected chi connectivity index (χ4v) is 4.14. The number of nitrogens with zero attached hydrogens (tertiary/aromatic N) is 2. The molecule has 3 nitrogen and oxygen atoms in total. The Balaban J connectivity index is 1.43. The molecule has 0 spiro atoms. The van der Waals surface area contributed by atoms with Crippen LogP contribution in [0, 0.1) is 5.92 Å². The summed E-state index contributed by atoms with van der Waals surface area (Å²) in [5, 5.41) is 0. The zero-order valence-corrected chi connectivity index (χ0v) is 15.7. The Hall–Kier alpha value is -2.29. The minimum Gasteiger partial charge on any atom is -0.367 e. The molecule has 2 aliphatic rings. The molecule has 2 heterocycles. The van der Waals surface area contributed by atoms with Gasteiger partial charge in [0.1, 0.15) is 0 Å². The largest absolute Gasteiger partial charge is 0.367 e. The number of rotatable bonds is 3. The normalized spacial score (nSPS) is 17.9. The average Bonchev–Trinajstić information content (AvgIpc) is 2.69. The SMILES string of the molecule is CC1CCN(C(=O)c2ccc(CN3CCCc4ccccc43)cc2)CC1. The van der Waals surface area contributed by atoms with Crippen LogP contribution in [0.1, 0.15) is 47.7 Å². The zero-order chi connectivity index (χ0) is 17.9. The summed E-state index contributed by atoms with van der Waals surface area (Å²) in [5.41, 5.74) is 4.90. The van der Waals surface area contributed by atoms with Crippen molar-refractivity contribution >= 4 is 11.6 Å². The molecule has 0 aromatic heterocycles. The number of para-hydroxylation sites is 1. The summed E-state index contributed by atoms with van der Waals surface area (Å²) in [4.78, 5) is 17.2. The first-order valence-corrected chi connectivity index (χ1v) is 9.92. The number of anilines is 1. The number of carbonyl (C=O) groups excluding carboxylic acids is 1. The van der Waals surface area contributed by atoms with Crippen LogP contribution in [-0.2, 0) is 13.0 Å². The molecule has 0 N–H and O–H groups in total. The van der Waals surface area contributed by atoms with E-state index in [0.717, 1.165) is 50.5 Å². The molecule has 0 bridgehead atoms. The average molecular weight is 348 g/mol. The maximum Gasteiger partial charge on any atom is 0.253 e. The molecule has 2 aromatic rings. The highest BCUT2D eigenvalue weighted by Crippen LogP contribution is 2.28. The Morgan fingerprint density at radius 2 is 1.73 bits per heavy atom. The number of hydrogen-bond acceptors (Lipinski definition) is 2. The molecule has 1 saturated heterocycles. The molecule has 136 valence electrons. The third-order valence-corrected chi connectivity index (χ3v) is 5.85. The van der Waals surface area contributed by atoms with Gasteiger partial charge in [-0.15, -0.1) is 0 Å². The van der Waals surface area contributed by atoms with Crippen molar-refractivity contribution in [2.45, 2.75) is 39.2 Å². The number of aryl methyl sites for hydroxylation is 1. The summed E-state index contributed by atoms with van der Waals surface area (Å²) >= 11 is 0. The molecule has 0 atom stereocenters. The van der Waals surface area contributed by atoms with Gasteiger partial charge in [-0.25, -0.2) is 0 Å². The number of hydrogen-bond donors (Lipinski definition) is 0. The van der Waals surface area contributed by atoms with Gasteiger partial charge in [-0.3, -0.25) is 4.79 Å². The molecule has 0 saturated carbocycles. The third-order valence-electron chi connectivity index (χ3n) is 5.85. The van der Waals surface area contributed by atoms with Crippen LogP contribution in [0.5, 0.6) is 0 Å². The molecule has 0 unspecified atom stereocenters. The zero-order valence-electron chi connectivity index (χ0n) is 15.7. The van der Waals surface area contributed by atoms with Gasteiger partial charge in [0.2, 0.25) is 0 Å². The monoisotopic (exact) mass is 348 g/mol. The topological polar surface area (TPSA) is 23.6 Å². The summed E-state index contributed by atoms with van der Waals surface area (Å²) in [6.45, 7) is 6.07. The Bertz CT molecular complexity index is 760. The van der Waals surface area contributed by atoms with Crippen molar-refractivity contribution in [3.63, 3.8) is 0 Å². The van der Waals surface area contributed by atoms with E-state index in [-0.39, 0.29) is 5.91 Å². The molecular weight excluding hydrogens is 320 g/mol. The van der Waals surface area contributed by atoms with Crippen LogP contribution in [0.4, 0.5) is 5.69 Å². The highest BCUT2D eigenvalue weighted by atomic mass is 16.2. The lowest BCUT2D eigenvalue weighted by Crippen LogP contribution is -2.37. The van der Waals surface area contributed by atoms with Crippen LogP contribution in [0.3, 0.4) is 0 Å². The molecule has 1 fully saturated rings. The molecule has 1 amide bonds. The fourth-order valence-electron chi connectivity index (χ4n) is 4.14. The Labute approximate surface area is 156 Å². The molecular formula is C23H28N2O. The van der Waals surface area contributed by atoms with E-state index in [1.54, 1.807) is 0 Å². The number of fused-ring (bicyclic) bond motifs is 1. The van der Waals surface area contributed by atoms with Crippen molar-refractivity contribution in [2.75, 3.05) is 24.5 Å². The number of carbonyl (C=O) groups is 1. The van der Waals surface area contributed by atoms with Gasteiger partial charge in [-0.2, -0.15) is 0 Å². The Morgan fingerprint density at radius 3 is 2.50 bits per heavy atom. The third kappa shape index (κ3) is 3.62. The second-order valence-electron chi connectivity index (χ2n) is 7.83. The van der Waals surface area contributed by atoms with E-state index in [9.17, 15) is 4.79 Å². The highest BCUT2D eigenvalue weighted by Gasteiger charge is 2.21. The van der Waals surface area contributed by atoms with Gasteiger partial charge in [0.05, 0.1) is 0 Å². The quantitative estimate of drug-likeness (QED) is 0.815. The minimum atomic E-state index is 0.187. The lowest BCUT2D eigenvalue weighted by Gasteiger charge is -2.31. The second-order valence-corrected chi connectivity index (χ2v) is 7.83. The van der Waals surface area contributed by atoms with Gasteiger partial charge in [-0.05, 0) is 60.9 Å². The standard InChI is InChI=1S/C23H28N2O/c1-18-12-15-24(16-13-18)23(26)21-10-8-19(9-11-21)17-25-14-4-6-20-5-2-3-7-22(20)25/h2-3,5,7-11,18H,4,6,12-17H2,1H3. The van der Waals surface area contributed by atoms with E-state index >= 15 is 0 Å². The van der Waals surface area contributed by atoms with Crippen LogP contribution in [0.25, 0.3) is 0 Å². The van der Waals surface area contributed by atoms with E-state index in [1.165, 1.54) is 29.7 Å². The molecule has 3 heteroatoms. The predicted octanol–water partition coefficient (Wildman–Crippen LogP) is 4.51. The predicted molar refractivity (Wildman–Crippen MR) is 107 cm³/mol. The maximum absolute atomic E-state index is 12.7. The van der Waals surface area contributed by atoms with Crippen LogP contribution in [0.15, 0.2) is 48.5 Å². The Morgan fingerprint density at radius 1 is 1.00 bits per heavy atom. The van der Waals surface area contributed by atoms with Crippen molar-refractivity contribution in [1.82, 2.24) is 4.90 Å². The van der Waals surface area contributed by atoms with Crippen LogP contribution in [0.2, 0.25) is 0 Å². The van der Waals surface area contributed by atoms with Crippen molar-refractivity contribution in [3.05, 3.63) is 65.2 Å². The smallest absolute Gasteiger partial charge is 0.253 e. The van der Waals surface area contributed by atoms with E-state index in [0.29, 0.717) is 0 Å². The van der Waals surface area contributed by atoms with Gasteiger partial charge < -0.3 is 9.80 Å². The minimum absolute atomic E-state index is 0.187. The van der Waals surface area contributed by atoms with Crippen LogP contribution < -0.4 is 4.90 Å².